The third-order valence-corrected chi connectivity index (χ3v) is 0. The molecule has 4 heavy (non-hydrogen) atoms. The van der Waals surface area contributed by atoms with Crippen LogP contribution >= 0.6 is 0 Å². The minimum Gasteiger partial charge on any atom is -0.412 e. The maximum absolute atomic E-state index is 0. The van der Waals surface area contributed by atoms with Gasteiger partial charge in [-0.3, -0.25) is 0 Å². The summed E-state index contributed by atoms with van der Waals surface area (Å²) in [6.45, 7) is 0. The first-order chi connectivity index (χ1) is 0. The lowest BCUT2D eigenvalue weighted by Gasteiger charge is -0.413. The van der Waals surface area contributed by atoms with Crippen LogP contribution in [0.25, 0.3) is 0 Å². The van der Waals surface area contributed by atoms with Crippen molar-refractivity contribution in [1.82, 2.24) is 0 Å². The second-order valence-electron chi connectivity index (χ2n) is 0. The molecule has 3 radical (unpaired) electrons. The molecule has 0 heterocycles. The highest BCUT2D eigenvalue weighted by Crippen LogP contribution is -0.288. The highest BCUT2D eigenvalue weighted by Gasteiger charge is 0.0000726. The molecule has 4 heteroatoms. The molecule has 4 N–H and O–H groups in total. The zero-order valence-electron chi connectivity index (χ0n) is 1.58. The van der Waals surface area contributed by atoms with E-state index in [1.165, 1.54) is 0 Å². The lowest BCUT2D eigenvalue weighted by molar-refractivity contribution is 0.823. The number of hydrogen-bond donors (Lipinski definition) is 0. The van der Waals surface area contributed by atoms with Crippen molar-refractivity contribution in [3.63, 3.8) is 0 Å². The zero-order chi connectivity index (χ0) is 0. The van der Waals surface area contributed by atoms with E-state index in [0.29, 0.717) is 0 Å². The minimum absolute atomic E-state index is 0. The lowest BCUT2D eigenvalue weighted by atomic mass is 10.8. The van der Waals surface area contributed by atoms with Crippen LogP contribution in [0.1, 0.15) is 0 Å². The number of hydrogen-bond acceptors (Lipinski definition) is 0. The zero-order valence-corrected chi connectivity index (χ0v) is 1.58. The Balaban J connectivity index is 0. The van der Waals surface area contributed by atoms with E-state index in [1.54, 1.807) is 0 Å². The fraction of sp³-hybridized carbons (Fsp3) is 0. The summed E-state index contributed by atoms with van der Waals surface area (Å²) in [4.78, 5) is 0. The molecule has 0 saturated carbocycles. The Bertz CT molecular complexity index is 6.00. The van der Waals surface area contributed by atoms with Crippen molar-refractivity contribution in [2.45, 2.75) is 0 Å². The standard InChI is InChI=1S/B.2H2O.H4Si/h;2*1H2;1H4. The Morgan fingerprint density at radius 1 is 0.750 bits per heavy atom. The third-order valence-electron chi connectivity index (χ3n) is 0. The fourth-order valence-corrected chi connectivity index (χ4v) is 0. The summed E-state index contributed by atoms with van der Waals surface area (Å²) in [7, 11) is 0. The second kappa shape index (κ2) is 381. The Labute approximate surface area is 31.4 Å². The van der Waals surface area contributed by atoms with E-state index < -0.39 is 0 Å². The molecule has 0 rings (SSSR count). The maximum atomic E-state index is 0. The minimum atomic E-state index is 0. The summed E-state index contributed by atoms with van der Waals surface area (Å²) >= 11 is 0. The van der Waals surface area contributed by atoms with Crippen LogP contribution in [0.3, 0.4) is 0 Å². The van der Waals surface area contributed by atoms with Crippen LogP contribution in [0.4, 0.5) is 0 Å². The largest absolute Gasteiger partial charge is 0.412 e. The van der Waals surface area contributed by atoms with Gasteiger partial charge in [0.05, 0.1) is 0 Å². The van der Waals surface area contributed by atoms with E-state index in [9.17, 15) is 0 Å². The van der Waals surface area contributed by atoms with Crippen LogP contribution in [0, 0.1) is 0 Å². The quantitative estimate of drug-likeness (QED) is 0.271. The van der Waals surface area contributed by atoms with Gasteiger partial charge in [-0.25, -0.2) is 0 Å². The average Bonchev–Trinajstić information content (AvgIpc) is 0. The van der Waals surface area contributed by atoms with Gasteiger partial charge in [-0.05, 0) is 11.0 Å². The van der Waals surface area contributed by atoms with Crippen molar-refractivity contribution in [3.05, 3.63) is 0 Å². The smallest absolute Gasteiger partial charge is 0 e. The summed E-state index contributed by atoms with van der Waals surface area (Å²) in [5.74, 6) is 0. The highest BCUT2D eigenvalue weighted by atomic mass is 28.1. The summed E-state index contributed by atoms with van der Waals surface area (Å²) in [5, 5.41) is 0. The molecule has 0 aliphatic heterocycles. The van der Waals surface area contributed by atoms with Gasteiger partial charge in [-0.2, -0.15) is 0 Å². The summed E-state index contributed by atoms with van der Waals surface area (Å²) < 4.78 is 0. The predicted molar refractivity (Wildman–Crippen MR) is 24.3 cm³/mol. The van der Waals surface area contributed by atoms with Gasteiger partial charge < -0.3 is 11.0 Å². The molecule has 0 aromatic carbocycles. The first-order valence-corrected chi connectivity index (χ1v) is 0. The van der Waals surface area contributed by atoms with Crippen LogP contribution in [0.5, 0.6) is 0 Å². The number of rotatable bonds is 0. The Kier molecular flexibility index (Phi) is 101000. The molecule has 0 aliphatic rings. The average molecular weight is 79.0 g/mol. The second-order valence-corrected chi connectivity index (χ2v) is 0. The molecule has 0 unspecified atom stereocenters. The Morgan fingerprint density at radius 2 is 0.750 bits per heavy atom. The van der Waals surface area contributed by atoms with E-state index >= 15 is 0 Å². The van der Waals surface area contributed by atoms with Crippen LogP contribution in [-0.4, -0.2) is 30.3 Å². The molecule has 0 spiro atoms. The molecule has 0 aromatic rings. The van der Waals surface area contributed by atoms with E-state index in [2.05, 4.69) is 0 Å². The molecule has 0 amide bonds. The molecule has 0 aromatic heterocycles. The van der Waals surface area contributed by atoms with Gasteiger partial charge >= 0.3 is 0 Å². The molecular formula is H8BO2Si. The molecule has 2 nitrogen and oxygen atoms in total. The molecule has 0 aliphatic carbocycles. The SMILES string of the molecule is O.O.[B].[SiH4]. The van der Waals surface area contributed by atoms with Crippen LogP contribution in [0.15, 0.2) is 0 Å². The molecular weight excluding hydrogens is 70.9 g/mol. The van der Waals surface area contributed by atoms with E-state index in [1.807, 2.05) is 0 Å². The van der Waals surface area contributed by atoms with Crippen LogP contribution < -0.4 is 0 Å². The predicted octanol–water partition coefficient (Wildman–Crippen LogP) is -3.48. The highest BCUT2D eigenvalue weighted by molar-refractivity contribution is 5.76. The van der Waals surface area contributed by atoms with Crippen molar-refractivity contribution in [2.24, 2.45) is 0 Å². The van der Waals surface area contributed by atoms with Crippen molar-refractivity contribution >= 4 is 19.4 Å². The van der Waals surface area contributed by atoms with Gasteiger partial charge in [0.25, 0.3) is 0 Å². The summed E-state index contributed by atoms with van der Waals surface area (Å²) in [6.07, 6.45) is 0. The molecule has 0 fully saturated rings. The van der Waals surface area contributed by atoms with Gasteiger partial charge in [0, 0.05) is 8.41 Å². The fourth-order valence-electron chi connectivity index (χ4n) is 0. The molecule has 0 atom stereocenters. The Morgan fingerprint density at radius 3 is 0.750 bits per heavy atom. The maximum Gasteiger partial charge on any atom is 0 e. The third kappa shape index (κ3) is 78.1. The van der Waals surface area contributed by atoms with Crippen molar-refractivity contribution in [2.75, 3.05) is 0 Å². The van der Waals surface area contributed by atoms with E-state index in [4.69, 9.17) is 0 Å². The van der Waals surface area contributed by atoms with Gasteiger partial charge in [0.1, 0.15) is 0 Å². The van der Waals surface area contributed by atoms with Crippen molar-refractivity contribution in [1.29, 1.82) is 0 Å². The first-order valence-electron chi connectivity index (χ1n) is 0. The molecule has 0 saturated heterocycles. The molecule has 0 bridgehead atoms. The topological polar surface area (TPSA) is 63.0 Å². The van der Waals surface area contributed by atoms with E-state index in [-0.39, 0.29) is 30.3 Å². The van der Waals surface area contributed by atoms with Gasteiger partial charge in [-0.1, -0.05) is 0 Å². The van der Waals surface area contributed by atoms with Gasteiger partial charge in [0.15, 0.2) is 0 Å². The molecule has 27 valence electrons. The normalized spacial score (nSPS) is 0. The summed E-state index contributed by atoms with van der Waals surface area (Å²) in [5.41, 5.74) is 0. The van der Waals surface area contributed by atoms with Crippen LogP contribution in [-0.2, 0) is 0 Å². The van der Waals surface area contributed by atoms with Crippen molar-refractivity contribution < 1.29 is 11.0 Å². The summed E-state index contributed by atoms with van der Waals surface area (Å²) in [6, 6.07) is 0. The van der Waals surface area contributed by atoms with Crippen molar-refractivity contribution in [3.8, 4) is 0 Å². The monoisotopic (exact) mass is 79.0 g/mol. The lowest BCUT2D eigenvalue weighted by Crippen LogP contribution is -0.382. The van der Waals surface area contributed by atoms with Gasteiger partial charge in [-0.15, -0.1) is 0 Å². The Hall–Kier alpha value is 0.202. The van der Waals surface area contributed by atoms with Crippen LogP contribution in [0.2, 0.25) is 0 Å². The van der Waals surface area contributed by atoms with Gasteiger partial charge in [0.2, 0.25) is 0 Å². The first kappa shape index (κ1) is 1060. The van der Waals surface area contributed by atoms with E-state index in [0.717, 1.165) is 0 Å².